The zero-order valence-electron chi connectivity index (χ0n) is 23.5. The second-order valence-electron chi connectivity index (χ2n) is 10.9. The van der Waals surface area contributed by atoms with E-state index in [0.29, 0.717) is 0 Å². The Morgan fingerprint density at radius 2 is 1.19 bits per heavy atom. The molecule has 0 amide bonds. The molecule has 0 aliphatic rings. The Kier molecular flexibility index (Phi) is 5.80. The number of hydrogen-bond acceptors (Lipinski definition) is 2. The van der Waals surface area contributed by atoms with Gasteiger partial charge in [0.15, 0.2) is 0 Å². The molecule has 8 rings (SSSR count). The summed E-state index contributed by atoms with van der Waals surface area (Å²) < 4.78 is 6.48. The highest BCUT2D eigenvalue weighted by Crippen LogP contribution is 2.38. The quantitative estimate of drug-likeness (QED) is 0.218. The average molecular weight is 550 g/mol. The smallest absolute Gasteiger partial charge is 0.143 e. The largest absolute Gasteiger partial charge is 0.455 e. The summed E-state index contributed by atoms with van der Waals surface area (Å²) >= 11 is 0. The molecule has 1 N–H and O–H groups in total. The summed E-state index contributed by atoms with van der Waals surface area (Å²) in [6.45, 7) is 4.65. The average Bonchev–Trinajstić information content (AvgIpc) is 3.44. The molecule has 0 aliphatic heterocycles. The molecule has 2 nitrogen and oxygen atoms in total. The predicted molar refractivity (Wildman–Crippen MR) is 183 cm³/mol. The second-order valence-corrected chi connectivity index (χ2v) is 10.9. The van der Waals surface area contributed by atoms with Crippen LogP contribution in [0.2, 0.25) is 0 Å². The number of fused-ring (bicyclic) bond motifs is 5. The summed E-state index contributed by atoms with van der Waals surface area (Å²) in [6, 6.07) is 46.8. The first-order valence-corrected chi connectivity index (χ1v) is 14.5. The summed E-state index contributed by atoms with van der Waals surface area (Å²) in [5.41, 5.74) is 8.24. The molecule has 7 aromatic carbocycles. The molecule has 0 bridgehead atoms. The van der Waals surface area contributed by atoms with Gasteiger partial charge in [-0.05, 0) is 78.5 Å². The Hall–Kier alpha value is -5.73. The Labute approximate surface area is 249 Å². The summed E-state index contributed by atoms with van der Waals surface area (Å²) in [5.74, 6) is 0. The van der Waals surface area contributed by atoms with E-state index in [9.17, 15) is 0 Å². The van der Waals surface area contributed by atoms with Gasteiger partial charge in [-0.3, -0.25) is 0 Å². The molecule has 0 unspecified atom stereocenters. The summed E-state index contributed by atoms with van der Waals surface area (Å²) in [5, 5.41) is 16.8. The van der Waals surface area contributed by atoms with Crippen molar-refractivity contribution in [3.63, 3.8) is 0 Å². The van der Waals surface area contributed by atoms with Crippen molar-refractivity contribution in [2.24, 2.45) is 0 Å². The third kappa shape index (κ3) is 3.99. The van der Waals surface area contributed by atoms with Crippen LogP contribution in [0.3, 0.4) is 0 Å². The van der Waals surface area contributed by atoms with Gasteiger partial charge in [-0.2, -0.15) is 0 Å². The molecule has 8 aromatic rings. The van der Waals surface area contributed by atoms with Crippen molar-refractivity contribution in [3.8, 4) is 33.4 Å². The van der Waals surface area contributed by atoms with Crippen molar-refractivity contribution >= 4 is 62.4 Å². The highest BCUT2D eigenvalue weighted by atomic mass is 16.3. The number of hydrogen-bond donors (Lipinski definition) is 1. The van der Waals surface area contributed by atoms with E-state index in [-0.39, 0.29) is 0 Å². The standard InChI is InChI=1S/C41H27NO/c1-26-32(22-23-42)40(37-18-9-17-36-33-14-6-7-19-38(33)43-41(36)37)35-16-5-4-15-34(35)39(26)31-13-8-12-29(25-31)30-21-20-27-10-2-3-11-28(27)24-30/h2-25,42H,1H2/b32-22+,42-23?. The van der Waals surface area contributed by atoms with Crippen molar-refractivity contribution in [2.75, 3.05) is 0 Å². The van der Waals surface area contributed by atoms with Crippen LogP contribution in [-0.2, 0) is 0 Å². The van der Waals surface area contributed by atoms with Gasteiger partial charge in [-0.25, -0.2) is 0 Å². The fourth-order valence-corrected chi connectivity index (χ4v) is 6.57. The Bertz CT molecular complexity index is 2500. The molecule has 0 aliphatic carbocycles. The van der Waals surface area contributed by atoms with Crippen LogP contribution in [0.25, 0.3) is 89.5 Å². The molecule has 1 aromatic heterocycles. The lowest BCUT2D eigenvalue weighted by Gasteiger charge is -2.16. The van der Waals surface area contributed by atoms with E-state index in [1.165, 1.54) is 22.6 Å². The van der Waals surface area contributed by atoms with Gasteiger partial charge in [-0.15, -0.1) is 0 Å². The van der Waals surface area contributed by atoms with Crippen molar-refractivity contribution in [1.82, 2.24) is 0 Å². The second kappa shape index (κ2) is 9.97. The van der Waals surface area contributed by atoms with Gasteiger partial charge < -0.3 is 9.83 Å². The maximum absolute atomic E-state index is 8.11. The fourth-order valence-electron chi connectivity index (χ4n) is 6.57. The third-order valence-corrected chi connectivity index (χ3v) is 8.52. The first-order valence-electron chi connectivity index (χ1n) is 14.5. The maximum Gasteiger partial charge on any atom is 0.143 e. The van der Waals surface area contributed by atoms with Gasteiger partial charge >= 0.3 is 0 Å². The normalized spacial score (nSPS) is 12.0. The molecule has 0 fully saturated rings. The maximum atomic E-state index is 8.11. The van der Waals surface area contributed by atoms with E-state index in [1.807, 2.05) is 24.3 Å². The fraction of sp³-hybridized carbons (Fsp3) is 0. The number of rotatable bonds is 4. The SMILES string of the molecule is C=c1c(-c2cccc(-c3ccc4ccccc4c3)c2)c2ccccc2c(-c2cccc3c2oc2ccccc23)/c1=C/C=N. The number of nitrogens with one attached hydrogen (secondary N) is 1. The van der Waals surface area contributed by atoms with Gasteiger partial charge in [-0.1, -0.05) is 122 Å². The van der Waals surface area contributed by atoms with Crippen LogP contribution < -0.4 is 10.4 Å². The molecule has 0 atom stereocenters. The first kappa shape index (κ1) is 25.0. The molecule has 1 heterocycles. The molecule has 2 heteroatoms. The molecule has 0 spiro atoms. The zero-order chi connectivity index (χ0) is 28.9. The lowest BCUT2D eigenvalue weighted by Crippen LogP contribution is -2.28. The highest BCUT2D eigenvalue weighted by molar-refractivity contribution is 6.14. The predicted octanol–water partition coefficient (Wildman–Crippen LogP) is 9.73. The van der Waals surface area contributed by atoms with Gasteiger partial charge in [0.2, 0.25) is 0 Å². The lowest BCUT2D eigenvalue weighted by molar-refractivity contribution is 0.670. The first-order chi connectivity index (χ1) is 21.2. The topological polar surface area (TPSA) is 37.0 Å². The van der Waals surface area contributed by atoms with E-state index in [4.69, 9.17) is 9.83 Å². The van der Waals surface area contributed by atoms with E-state index in [0.717, 1.165) is 71.0 Å². The monoisotopic (exact) mass is 549 g/mol. The molecule has 0 radical (unpaired) electrons. The van der Waals surface area contributed by atoms with Crippen LogP contribution in [0.1, 0.15) is 0 Å². The summed E-state index contributed by atoms with van der Waals surface area (Å²) in [4.78, 5) is 0. The molecule has 43 heavy (non-hydrogen) atoms. The Morgan fingerprint density at radius 3 is 2.02 bits per heavy atom. The van der Waals surface area contributed by atoms with E-state index >= 15 is 0 Å². The number of furan rings is 1. The molecule has 0 saturated carbocycles. The van der Waals surface area contributed by atoms with Crippen LogP contribution in [-0.4, -0.2) is 6.21 Å². The van der Waals surface area contributed by atoms with Crippen molar-refractivity contribution in [1.29, 1.82) is 5.41 Å². The summed E-state index contributed by atoms with van der Waals surface area (Å²) in [6.07, 6.45) is 3.22. The van der Waals surface area contributed by atoms with Crippen molar-refractivity contribution < 1.29 is 4.42 Å². The number of para-hydroxylation sites is 2. The van der Waals surface area contributed by atoms with Gasteiger partial charge in [0.05, 0.1) is 0 Å². The van der Waals surface area contributed by atoms with Crippen LogP contribution in [0.15, 0.2) is 138 Å². The lowest BCUT2D eigenvalue weighted by atomic mass is 9.87. The van der Waals surface area contributed by atoms with Crippen LogP contribution in [0.5, 0.6) is 0 Å². The van der Waals surface area contributed by atoms with Crippen LogP contribution in [0, 0.1) is 5.41 Å². The molecular weight excluding hydrogens is 522 g/mol. The summed E-state index contributed by atoms with van der Waals surface area (Å²) in [7, 11) is 0. The molecule has 202 valence electrons. The molecular formula is C41H27NO. The highest BCUT2D eigenvalue weighted by Gasteiger charge is 2.18. The van der Waals surface area contributed by atoms with Gasteiger partial charge in [0, 0.05) is 28.1 Å². The van der Waals surface area contributed by atoms with Crippen LogP contribution >= 0.6 is 0 Å². The minimum absolute atomic E-state index is 0.846. The Morgan fingerprint density at radius 1 is 0.535 bits per heavy atom. The van der Waals surface area contributed by atoms with Crippen molar-refractivity contribution in [3.05, 3.63) is 144 Å². The van der Waals surface area contributed by atoms with Crippen molar-refractivity contribution in [2.45, 2.75) is 0 Å². The van der Waals surface area contributed by atoms with Crippen LogP contribution in [0.4, 0.5) is 0 Å². The molecule has 0 saturated heterocycles. The van der Waals surface area contributed by atoms with E-state index < -0.39 is 0 Å². The number of benzene rings is 7. The Balaban J connectivity index is 1.41. The van der Waals surface area contributed by atoms with Gasteiger partial charge in [0.25, 0.3) is 0 Å². The van der Waals surface area contributed by atoms with E-state index in [1.54, 1.807) is 0 Å². The zero-order valence-corrected chi connectivity index (χ0v) is 23.5. The van der Waals surface area contributed by atoms with Gasteiger partial charge in [0.1, 0.15) is 11.2 Å². The minimum atomic E-state index is 0.846. The minimum Gasteiger partial charge on any atom is -0.455 e. The third-order valence-electron chi connectivity index (χ3n) is 8.52. The van der Waals surface area contributed by atoms with E-state index in [2.05, 4.69) is 122 Å².